The minimum Gasteiger partial charge on any atom is -2.00 e. The Bertz CT molecular complexity index is 14.9. The van der Waals surface area contributed by atoms with E-state index in [1.54, 1.807) is 0 Å². The minimum absolute atomic E-state index is 0. The molecular formula is HAgLiO3V-5. The van der Waals surface area contributed by atoms with Crippen LogP contribution >= 0.6 is 0 Å². The van der Waals surface area contributed by atoms with E-state index in [-0.39, 0.29) is 77.7 Å². The molecular weight excluding hydrogens is 214 g/mol. The molecule has 0 amide bonds. The molecule has 0 N–H and O–H groups in total. The van der Waals surface area contributed by atoms with Crippen LogP contribution in [0.1, 0.15) is 1.43 Å². The molecule has 0 unspecified atom stereocenters. The van der Waals surface area contributed by atoms with Gasteiger partial charge in [-0.3, -0.25) is 0 Å². The molecule has 0 heterocycles. The summed E-state index contributed by atoms with van der Waals surface area (Å²) in [5, 5.41) is 0. The molecule has 41 valence electrons. The molecule has 0 atom stereocenters. The largest absolute Gasteiger partial charge is 2.00 e. The van der Waals surface area contributed by atoms with Crippen LogP contribution in [0, 0.1) is 0 Å². The monoisotopic (exact) mass is 214 g/mol. The zero-order valence-electron chi connectivity index (χ0n) is 3.97. The first kappa shape index (κ1) is 111. The van der Waals surface area contributed by atoms with Gasteiger partial charge in [0, 0.05) is 18.6 Å². The van der Waals surface area contributed by atoms with Crippen molar-refractivity contribution in [2.75, 3.05) is 0 Å². The fourth-order valence-electron chi connectivity index (χ4n) is 0. The Kier molecular flexibility index (Phi) is 1310. The van der Waals surface area contributed by atoms with Crippen LogP contribution in [0.2, 0.25) is 0 Å². The Morgan fingerprint density at radius 2 is 0.833 bits per heavy atom. The van der Waals surface area contributed by atoms with Crippen LogP contribution in [0.5, 0.6) is 0 Å². The van der Waals surface area contributed by atoms with Crippen LogP contribution < -0.4 is 18.9 Å². The van der Waals surface area contributed by atoms with E-state index in [0.29, 0.717) is 0 Å². The van der Waals surface area contributed by atoms with Crippen molar-refractivity contribution in [2.24, 2.45) is 0 Å². The third kappa shape index (κ3) is 41.2. The molecule has 0 aliphatic heterocycles. The summed E-state index contributed by atoms with van der Waals surface area (Å²) in [7, 11) is 0. The van der Waals surface area contributed by atoms with Gasteiger partial charge in [0.05, 0.1) is 0 Å². The molecule has 0 aromatic carbocycles. The van der Waals surface area contributed by atoms with Gasteiger partial charge < -0.3 is 17.9 Å². The second kappa shape index (κ2) is 70.5. The van der Waals surface area contributed by atoms with Gasteiger partial charge in [-0.2, -0.15) is 0 Å². The van der Waals surface area contributed by atoms with Crippen molar-refractivity contribution in [3.8, 4) is 0 Å². The third-order valence-electron chi connectivity index (χ3n) is 0. The average Bonchev–Trinajstić information content (AvgIpc) is 0. The predicted molar refractivity (Wildman–Crippen MR) is 3.17 cm³/mol. The van der Waals surface area contributed by atoms with E-state index in [1.807, 2.05) is 0 Å². The summed E-state index contributed by atoms with van der Waals surface area (Å²) < 4.78 is 0. The Morgan fingerprint density at radius 1 is 0.833 bits per heavy atom. The van der Waals surface area contributed by atoms with Crippen molar-refractivity contribution in [2.45, 2.75) is 0 Å². The summed E-state index contributed by atoms with van der Waals surface area (Å²) >= 11 is 0. The molecule has 0 aliphatic rings. The van der Waals surface area contributed by atoms with E-state index in [4.69, 9.17) is 0 Å². The second-order valence-corrected chi connectivity index (χ2v) is 0. The van der Waals surface area contributed by atoms with Crippen molar-refractivity contribution in [1.29, 1.82) is 0 Å². The molecule has 0 aliphatic carbocycles. The van der Waals surface area contributed by atoms with Gasteiger partial charge in [-0.1, -0.05) is 0 Å². The quantitative estimate of drug-likeness (QED) is 0.380. The second-order valence-electron chi connectivity index (χ2n) is 0. The Morgan fingerprint density at radius 3 is 0.833 bits per heavy atom. The summed E-state index contributed by atoms with van der Waals surface area (Å²) in [5.74, 6) is 0. The molecule has 1 radical (unpaired) electrons. The average molecular weight is 215 g/mol. The molecule has 0 saturated heterocycles. The van der Waals surface area contributed by atoms with Gasteiger partial charge in [0.15, 0.2) is 0 Å². The van der Waals surface area contributed by atoms with Crippen molar-refractivity contribution >= 4 is 0 Å². The first-order chi connectivity index (χ1) is 0. The van der Waals surface area contributed by atoms with Gasteiger partial charge >= 0.3 is 41.2 Å². The summed E-state index contributed by atoms with van der Waals surface area (Å²) in [6.45, 7) is 0. The van der Waals surface area contributed by atoms with Gasteiger partial charge in [-0.15, -0.1) is 0 Å². The van der Waals surface area contributed by atoms with Crippen LogP contribution in [0.25, 0.3) is 0 Å². The molecule has 0 saturated carbocycles. The molecule has 0 aromatic rings. The van der Waals surface area contributed by atoms with E-state index < -0.39 is 0 Å². The zero-order chi connectivity index (χ0) is 0. The Hall–Kier alpha value is 1.80. The van der Waals surface area contributed by atoms with Crippen LogP contribution in [0.3, 0.4) is 0 Å². The summed E-state index contributed by atoms with van der Waals surface area (Å²) in [5.41, 5.74) is 0. The number of hydrogen-bond donors (Lipinski definition) is 0. The maximum atomic E-state index is 0. The summed E-state index contributed by atoms with van der Waals surface area (Å²) in [4.78, 5) is 0. The summed E-state index contributed by atoms with van der Waals surface area (Å²) in [6, 6.07) is 0. The van der Waals surface area contributed by atoms with E-state index >= 15 is 0 Å². The van der Waals surface area contributed by atoms with Crippen LogP contribution in [0.15, 0.2) is 0 Å². The van der Waals surface area contributed by atoms with E-state index in [1.165, 1.54) is 0 Å². The Balaban J connectivity index is 0. The number of hydrogen-bond acceptors (Lipinski definition) is 0. The van der Waals surface area contributed by atoms with Crippen molar-refractivity contribution in [3.05, 3.63) is 0 Å². The van der Waals surface area contributed by atoms with E-state index in [2.05, 4.69) is 0 Å². The first-order valence-corrected chi connectivity index (χ1v) is 0. The van der Waals surface area contributed by atoms with Gasteiger partial charge in [-0.05, 0) is 0 Å². The fourth-order valence-corrected chi connectivity index (χ4v) is 0. The third-order valence-corrected chi connectivity index (χ3v) is 0. The smallest absolute Gasteiger partial charge is 1.00 e. The minimum atomic E-state index is 0. The standard InChI is InChI=1S/Ag.Li.3O.V.H/q2*+1;3*-2;;-1. The van der Waals surface area contributed by atoms with Gasteiger partial charge in [0.2, 0.25) is 0 Å². The fraction of sp³-hybridized carbons (Fsp3) is 0. The molecule has 3 nitrogen and oxygen atoms in total. The van der Waals surface area contributed by atoms with E-state index in [0.717, 1.165) is 0 Å². The van der Waals surface area contributed by atoms with Gasteiger partial charge in [-0.25, -0.2) is 0 Å². The van der Waals surface area contributed by atoms with Crippen molar-refractivity contribution < 1.29 is 77.7 Å². The van der Waals surface area contributed by atoms with E-state index in [9.17, 15) is 0 Å². The molecule has 0 bridgehead atoms. The van der Waals surface area contributed by atoms with Crippen LogP contribution in [0.4, 0.5) is 0 Å². The predicted octanol–water partition coefficient (Wildman–Crippen LogP) is -3.24. The molecule has 0 fully saturated rings. The van der Waals surface area contributed by atoms with Gasteiger partial charge in [0.25, 0.3) is 0 Å². The maximum Gasteiger partial charge on any atom is 1.00 e. The molecule has 0 rings (SSSR count). The number of rotatable bonds is 0. The van der Waals surface area contributed by atoms with Crippen LogP contribution in [-0.4, -0.2) is 0 Å². The molecule has 6 heteroatoms. The zero-order valence-corrected chi connectivity index (χ0v) is 5.85. The Labute approximate surface area is 77.2 Å². The molecule has 0 spiro atoms. The van der Waals surface area contributed by atoms with Crippen molar-refractivity contribution in [1.82, 2.24) is 0 Å². The van der Waals surface area contributed by atoms with Crippen LogP contribution in [-0.2, 0) is 57.4 Å². The van der Waals surface area contributed by atoms with Gasteiger partial charge in [0.1, 0.15) is 0 Å². The first-order valence-electron chi connectivity index (χ1n) is 0. The summed E-state index contributed by atoms with van der Waals surface area (Å²) in [6.07, 6.45) is 0. The molecule has 0 aromatic heterocycles. The molecule has 6 heavy (non-hydrogen) atoms. The van der Waals surface area contributed by atoms with Crippen molar-refractivity contribution in [3.63, 3.8) is 0 Å². The maximum absolute atomic E-state index is 0. The normalized spacial score (nSPS) is 0. The SMILES string of the molecule is [Ag+].[H-].[Li+].[O-2].[O-2].[O-2].[V]. The topological polar surface area (TPSA) is 85.5 Å².